The van der Waals surface area contributed by atoms with E-state index >= 15 is 0 Å². The normalized spacial score (nSPS) is 19.5. The number of alkyl halides is 3. The van der Waals surface area contributed by atoms with Crippen molar-refractivity contribution in [1.29, 1.82) is 0 Å². The zero-order valence-electron chi connectivity index (χ0n) is 11.7. The predicted molar refractivity (Wildman–Crippen MR) is 75.1 cm³/mol. The molecule has 6 heteroatoms. The monoisotopic (exact) mass is 297 g/mol. The molecular weight excluding hydrogens is 279 g/mol. The van der Waals surface area contributed by atoms with Crippen molar-refractivity contribution < 1.29 is 13.2 Å². The maximum absolute atomic E-state index is 12.8. The fourth-order valence-electron chi connectivity index (χ4n) is 2.97. The minimum Gasteiger partial charge on any atom is -0.319 e. The molecule has 0 radical (unpaired) electrons. The van der Waals surface area contributed by atoms with E-state index < -0.39 is 12.7 Å². The van der Waals surface area contributed by atoms with E-state index in [0.717, 1.165) is 25.9 Å². The molecule has 0 spiro atoms. The Balaban J connectivity index is 1.86. The Bertz CT molecular complexity index is 612. The van der Waals surface area contributed by atoms with Crippen molar-refractivity contribution in [2.24, 2.45) is 5.92 Å². The van der Waals surface area contributed by atoms with Gasteiger partial charge in [0.15, 0.2) is 0 Å². The van der Waals surface area contributed by atoms with Crippen molar-refractivity contribution in [3.8, 4) is 0 Å². The van der Waals surface area contributed by atoms with Gasteiger partial charge >= 0.3 is 6.18 Å². The molecule has 1 saturated heterocycles. The summed E-state index contributed by atoms with van der Waals surface area (Å²) in [5.74, 6) is 1.09. The van der Waals surface area contributed by atoms with Crippen LogP contribution in [0, 0.1) is 5.92 Å². The third-order valence-corrected chi connectivity index (χ3v) is 4.01. The highest BCUT2D eigenvalue weighted by Gasteiger charge is 2.30. The second-order valence-electron chi connectivity index (χ2n) is 5.62. The number of aromatic nitrogens is 2. The van der Waals surface area contributed by atoms with Crippen molar-refractivity contribution in [1.82, 2.24) is 14.9 Å². The van der Waals surface area contributed by atoms with E-state index in [2.05, 4.69) is 10.3 Å². The smallest absolute Gasteiger partial charge is 0.319 e. The molecule has 1 N–H and O–H groups in total. The molecule has 1 aliphatic heterocycles. The van der Waals surface area contributed by atoms with Gasteiger partial charge < -0.3 is 9.88 Å². The number of halogens is 3. The first-order chi connectivity index (χ1) is 10.0. The molecular formula is C15H18F3N3. The van der Waals surface area contributed by atoms with Crippen LogP contribution in [0.2, 0.25) is 0 Å². The molecule has 1 unspecified atom stereocenters. The average Bonchev–Trinajstić information content (AvgIpc) is 3.03. The largest absolute Gasteiger partial charge is 0.406 e. The molecule has 1 aliphatic rings. The minimum absolute atomic E-state index is 0.542. The standard InChI is InChI=1S/C15H18F3N3/c16-15(17,18)10-21-13-4-2-1-3-12(13)20-14(21)6-5-11-7-8-19-9-11/h1-4,11,19H,5-10H2. The Labute approximate surface area is 121 Å². The van der Waals surface area contributed by atoms with Crippen LogP contribution < -0.4 is 5.32 Å². The highest BCUT2D eigenvalue weighted by molar-refractivity contribution is 5.75. The fraction of sp³-hybridized carbons (Fsp3) is 0.533. The number of hydrogen-bond donors (Lipinski definition) is 1. The summed E-state index contributed by atoms with van der Waals surface area (Å²) in [6, 6.07) is 7.02. The maximum atomic E-state index is 12.8. The third kappa shape index (κ3) is 3.37. The molecule has 1 aromatic carbocycles. The predicted octanol–water partition coefficient (Wildman–Crippen LogP) is 3.14. The van der Waals surface area contributed by atoms with E-state index in [4.69, 9.17) is 0 Å². The number of benzene rings is 1. The van der Waals surface area contributed by atoms with Crippen molar-refractivity contribution in [3.05, 3.63) is 30.1 Å². The topological polar surface area (TPSA) is 29.9 Å². The lowest BCUT2D eigenvalue weighted by molar-refractivity contribution is -0.140. The molecule has 114 valence electrons. The van der Waals surface area contributed by atoms with Crippen molar-refractivity contribution in [3.63, 3.8) is 0 Å². The van der Waals surface area contributed by atoms with Gasteiger partial charge in [-0.15, -0.1) is 0 Å². The number of hydrogen-bond acceptors (Lipinski definition) is 2. The molecule has 1 aromatic heterocycles. The molecule has 0 amide bonds. The zero-order valence-corrected chi connectivity index (χ0v) is 11.7. The third-order valence-electron chi connectivity index (χ3n) is 4.01. The van der Waals surface area contributed by atoms with E-state index in [9.17, 15) is 13.2 Å². The van der Waals surface area contributed by atoms with Gasteiger partial charge in [0.2, 0.25) is 0 Å². The van der Waals surface area contributed by atoms with Crippen molar-refractivity contribution >= 4 is 11.0 Å². The van der Waals surface area contributed by atoms with Gasteiger partial charge in [-0.05, 0) is 44.0 Å². The number of rotatable bonds is 4. The van der Waals surface area contributed by atoms with Crippen LogP contribution in [0.15, 0.2) is 24.3 Å². The Hall–Kier alpha value is -1.56. The van der Waals surface area contributed by atoms with Gasteiger partial charge in [0.1, 0.15) is 12.4 Å². The molecule has 0 aliphatic carbocycles. The number of imidazole rings is 1. The number of nitrogens with zero attached hydrogens (tertiary/aromatic N) is 2. The maximum Gasteiger partial charge on any atom is 0.406 e. The van der Waals surface area contributed by atoms with Gasteiger partial charge in [-0.1, -0.05) is 12.1 Å². The number of fused-ring (bicyclic) bond motifs is 1. The van der Waals surface area contributed by atoms with E-state index in [-0.39, 0.29) is 0 Å². The molecule has 2 heterocycles. The average molecular weight is 297 g/mol. The quantitative estimate of drug-likeness (QED) is 0.939. The van der Waals surface area contributed by atoms with Crippen LogP contribution in [0.1, 0.15) is 18.7 Å². The van der Waals surface area contributed by atoms with Gasteiger partial charge in [0.25, 0.3) is 0 Å². The molecule has 21 heavy (non-hydrogen) atoms. The van der Waals surface area contributed by atoms with Gasteiger partial charge in [0.05, 0.1) is 11.0 Å². The number of aryl methyl sites for hydroxylation is 1. The fourth-order valence-corrected chi connectivity index (χ4v) is 2.97. The zero-order chi connectivity index (χ0) is 14.9. The van der Waals surface area contributed by atoms with E-state index in [1.807, 2.05) is 0 Å². The van der Waals surface area contributed by atoms with Gasteiger partial charge in [-0.3, -0.25) is 0 Å². The summed E-state index contributed by atoms with van der Waals surface area (Å²) in [4.78, 5) is 4.40. The Morgan fingerprint density at radius 3 is 2.81 bits per heavy atom. The lowest BCUT2D eigenvalue weighted by Gasteiger charge is -2.13. The highest BCUT2D eigenvalue weighted by atomic mass is 19.4. The Morgan fingerprint density at radius 2 is 2.10 bits per heavy atom. The second kappa shape index (κ2) is 5.67. The van der Waals surface area contributed by atoms with Crippen LogP contribution in [0.4, 0.5) is 13.2 Å². The van der Waals surface area contributed by atoms with Crippen molar-refractivity contribution in [2.45, 2.75) is 32.0 Å². The summed E-state index contributed by atoms with van der Waals surface area (Å²) in [6.45, 7) is 0.995. The van der Waals surface area contributed by atoms with Crippen LogP contribution in [0.5, 0.6) is 0 Å². The summed E-state index contributed by atoms with van der Waals surface area (Å²) in [5.41, 5.74) is 1.20. The molecule has 0 bridgehead atoms. The number of para-hydroxylation sites is 2. The van der Waals surface area contributed by atoms with Crippen LogP contribution >= 0.6 is 0 Å². The van der Waals surface area contributed by atoms with Crippen LogP contribution in [-0.4, -0.2) is 28.8 Å². The summed E-state index contributed by atoms with van der Waals surface area (Å²) in [6.07, 6.45) is -1.65. The van der Waals surface area contributed by atoms with Crippen LogP contribution in [-0.2, 0) is 13.0 Å². The molecule has 3 nitrogen and oxygen atoms in total. The van der Waals surface area contributed by atoms with Gasteiger partial charge in [-0.25, -0.2) is 4.98 Å². The SMILES string of the molecule is FC(F)(F)Cn1c(CCC2CCNC2)nc2ccccc21. The molecule has 1 atom stereocenters. The second-order valence-corrected chi connectivity index (χ2v) is 5.62. The Morgan fingerprint density at radius 1 is 1.29 bits per heavy atom. The lowest BCUT2D eigenvalue weighted by Crippen LogP contribution is -2.20. The summed E-state index contributed by atoms with van der Waals surface area (Å²) >= 11 is 0. The van der Waals surface area contributed by atoms with Gasteiger partial charge in [-0.2, -0.15) is 13.2 Å². The van der Waals surface area contributed by atoms with E-state index in [1.165, 1.54) is 4.57 Å². The molecule has 3 rings (SSSR count). The Kier molecular flexibility index (Phi) is 3.89. The molecule has 2 aromatic rings. The first kappa shape index (κ1) is 14.4. The first-order valence-electron chi connectivity index (χ1n) is 7.24. The summed E-state index contributed by atoms with van der Waals surface area (Å²) < 4.78 is 39.7. The lowest BCUT2D eigenvalue weighted by atomic mass is 10.0. The van der Waals surface area contributed by atoms with Crippen molar-refractivity contribution in [2.75, 3.05) is 13.1 Å². The van der Waals surface area contributed by atoms with Crippen LogP contribution in [0.25, 0.3) is 11.0 Å². The van der Waals surface area contributed by atoms with Crippen LogP contribution in [0.3, 0.4) is 0 Å². The number of nitrogens with one attached hydrogen (secondary N) is 1. The van der Waals surface area contributed by atoms with E-state index in [0.29, 0.717) is 29.2 Å². The van der Waals surface area contributed by atoms with Gasteiger partial charge in [0, 0.05) is 6.42 Å². The molecule has 1 fully saturated rings. The summed E-state index contributed by atoms with van der Waals surface area (Å²) in [5, 5.41) is 3.28. The molecule has 0 saturated carbocycles. The highest BCUT2D eigenvalue weighted by Crippen LogP contribution is 2.25. The summed E-state index contributed by atoms with van der Waals surface area (Å²) in [7, 11) is 0. The first-order valence-corrected chi connectivity index (χ1v) is 7.24. The van der Waals surface area contributed by atoms with E-state index in [1.54, 1.807) is 24.3 Å². The minimum atomic E-state index is -4.23.